The molecule has 2 aromatic rings. The molecule has 0 bridgehead atoms. The largest absolute Gasteiger partial charge is 0.494 e. The van der Waals surface area contributed by atoms with Crippen LogP contribution in [0.3, 0.4) is 0 Å². The van der Waals surface area contributed by atoms with Crippen molar-refractivity contribution in [2.24, 2.45) is 0 Å². The number of nitrogens with zero attached hydrogens (tertiary/aromatic N) is 1. The first-order valence-corrected chi connectivity index (χ1v) is 11.1. The molecule has 152 valence electrons. The van der Waals surface area contributed by atoms with E-state index in [9.17, 15) is 13.2 Å². The Morgan fingerprint density at radius 2 is 1.61 bits per heavy atom. The van der Waals surface area contributed by atoms with E-state index in [0.717, 1.165) is 16.1 Å². The zero-order valence-corrected chi connectivity index (χ0v) is 17.8. The van der Waals surface area contributed by atoms with Crippen molar-refractivity contribution in [3.8, 4) is 5.75 Å². The molecule has 2 aromatic carbocycles. The second-order valence-electron chi connectivity index (χ2n) is 6.93. The van der Waals surface area contributed by atoms with Crippen molar-refractivity contribution in [2.45, 2.75) is 39.7 Å². The van der Waals surface area contributed by atoms with Crippen LogP contribution in [0, 0.1) is 0 Å². The lowest BCUT2D eigenvalue weighted by Gasteiger charge is -2.28. The summed E-state index contributed by atoms with van der Waals surface area (Å²) in [6, 6.07) is 13.3. The van der Waals surface area contributed by atoms with E-state index in [1.807, 2.05) is 31.2 Å². The molecule has 0 aliphatic carbocycles. The van der Waals surface area contributed by atoms with Gasteiger partial charge in [-0.1, -0.05) is 26.0 Å². The number of anilines is 2. The van der Waals surface area contributed by atoms with Crippen LogP contribution in [0.1, 0.15) is 39.2 Å². The van der Waals surface area contributed by atoms with Gasteiger partial charge in [0, 0.05) is 5.69 Å². The Balaban J connectivity index is 2.22. The van der Waals surface area contributed by atoms with Crippen molar-refractivity contribution in [1.82, 2.24) is 0 Å². The first kappa shape index (κ1) is 21.8. The fourth-order valence-electron chi connectivity index (χ4n) is 2.86. The minimum atomic E-state index is -3.67. The van der Waals surface area contributed by atoms with Crippen LogP contribution in [-0.2, 0) is 14.8 Å². The summed E-state index contributed by atoms with van der Waals surface area (Å²) in [6.07, 6.45) is 1.09. The summed E-state index contributed by atoms with van der Waals surface area (Å²) in [6.45, 7) is 8.14. The highest BCUT2D eigenvalue weighted by Gasteiger charge is 2.29. The second kappa shape index (κ2) is 9.10. The fourth-order valence-corrected chi connectivity index (χ4v) is 4.04. The molecule has 0 fully saturated rings. The minimum absolute atomic E-state index is 0.393. The number of carbonyl (C=O) groups excluding carboxylic acids is 1. The maximum absolute atomic E-state index is 12.7. The molecule has 0 aromatic heterocycles. The number of rotatable bonds is 8. The molecule has 0 aliphatic rings. The number of hydrogen-bond acceptors (Lipinski definition) is 4. The zero-order chi connectivity index (χ0) is 20.9. The fraction of sp³-hybridized carbons (Fsp3) is 0.381. The lowest BCUT2D eigenvalue weighted by atomic mass is 10.0. The van der Waals surface area contributed by atoms with Crippen molar-refractivity contribution in [3.05, 3.63) is 54.1 Å². The molecular formula is C21H28N2O4S. The van der Waals surface area contributed by atoms with Crippen LogP contribution >= 0.6 is 0 Å². The summed E-state index contributed by atoms with van der Waals surface area (Å²) in [7, 11) is -3.67. The van der Waals surface area contributed by atoms with E-state index < -0.39 is 22.0 Å². The van der Waals surface area contributed by atoms with Crippen LogP contribution in [0.25, 0.3) is 0 Å². The SMILES string of the molecule is CCOc1ccc(N(C(C)C(=O)Nc2ccc(C(C)C)cc2)S(C)(=O)=O)cc1. The normalized spacial score (nSPS) is 12.5. The van der Waals surface area contributed by atoms with Crippen molar-refractivity contribution in [2.75, 3.05) is 22.5 Å². The van der Waals surface area contributed by atoms with Crippen LogP contribution in [0.2, 0.25) is 0 Å². The lowest BCUT2D eigenvalue weighted by Crippen LogP contribution is -2.45. The third kappa shape index (κ3) is 5.48. The van der Waals surface area contributed by atoms with Gasteiger partial charge in [-0.2, -0.15) is 0 Å². The van der Waals surface area contributed by atoms with E-state index >= 15 is 0 Å². The molecular weight excluding hydrogens is 376 g/mol. The summed E-state index contributed by atoms with van der Waals surface area (Å²) in [4.78, 5) is 12.7. The third-order valence-corrected chi connectivity index (χ3v) is 5.58. The Bertz CT molecular complexity index is 891. The van der Waals surface area contributed by atoms with Gasteiger partial charge >= 0.3 is 0 Å². The standard InChI is InChI=1S/C21H28N2O4S/c1-6-27-20-13-11-19(12-14-20)23(28(5,25)26)16(4)21(24)22-18-9-7-17(8-10-18)15(2)3/h7-16H,6H2,1-5H3,(H,22,24). The average molecular weight is 405 g/mol. The van der Waals surface area contributed by atoms with Crippen molar-refractivity contribution in [1.29, 1.82) is 0 Å². The van der Waals surface area contributed by atoms with E-state index in [1.54, 1.807) is 31.2 Å². The van der Waals surface area contributed by atoms with Gasteiger partial charge in [0.25, 0.3) is 0 Å². The molecule has 0 saturated carbocycles. The molecule has 7 heteroatoms. The molecule has 0 heterocycles. The van der Waals surface area contributed by atoms with Gasteiger partial charge in [0.2, 0.25) is 15.9 Å². The molecule has 0 aliphatic heterocycles. The quantitative estimate of drug-likeness (QED) is 0.721. The molecule has 0 saturated heterocycles. The topological polar surface area (TPSA) is 75.7 Å². The first-order valence-electron chi connectivity index (χ1n) is 9.26. The molecule has 1 amide bonds. The Morgan fingerprint density at radius 3 is 2.07 bits per heavy atom. The Labute approximate surface area is 167 Å². The molecule has 1 N–H and O–H groups in total. The van der Waals surface area contributed by atoms with Gasteiger partial charge < -0.3 is 10.1 Å². The van der Waals surface area contributed by atoms with Gasteiger partial charge in [0.1, 0.15) is 11.8 Å². The highest BCUT2D eigenvalue weighted by molar-refractivity contribution is 7.92. The van der Waals surface area contributed by atoms with Crippen LogP contribution in [-0.4, -0.2) is 33.2 Å². The first-order chi connectivity index (χ1) is 13.1. The molecule has 1 atom stereocenters. The monoisotopic (exact) mass is 404 g/mol. The highest BCUT2D eigenvalue weighted by Crippen LogP contribution is 2.25. The predicted octanol–water partition coefficient (Wildman–Crippen LogP) is 4.00. The number of amides is 1. The van der Waals surface area contributed by atoms with Crippen molar-refractivity contribution in [3.63, 3.8) is 0 Å². The Morgan fingerprint density at radius 1 is 1.04 bits per heavy atom. The van der Waals surface area contributed by atoms with Gasteiger partial charge in [-0.3, -0.25) is 9.10 Å². The molecule has 0 spiro atoms. The number of hydrogen-bond donors (Lipinski definition) is 1. The maximum Gasteiger partial charge on any atom is 0.247 e. The lowest BCUT2D eigenvalue weighted by molar-refractivity contribution is -0.116. The summed E-state index contributed by atoms with van der Waals surface area (Å²) >= 11 is 0. The molecule has 0 radical (unpaired) electrons. The molecule has 1 unspecified atom stereocenters. The smallest absolute Gasteiger partial charge is 0.247 e. The summed E-state index contributed by atoms with van der Waals surface area (Å²) in [5.74, 6) is 0.628. The van der Waals surface area contributed by atoms with Gasteiger partial charge in [0.15, 0.2) is 0 Å². The average Bonchev–Trinajstić information content (AvgIpc) is 2.62. The number of sulfonamides is 1. The number of ether oxygens (including phenoxy) is 1. The summed E-state index contributed by atoms with van der Waals surface area (Å²) in [5.41, 5.74) is 2.20. The summed E-state index contributed by atoms with van der Waals surface area (Å²) in [5, 5.41) is 2.79. The van der Waals surface area contributed by atoms with E-state index in [4.69, 9.17) is 4.74 Å². The van der Waals surface area contributed by atoms with Crippen LogP contribution < -0.4 is 14.4 Å². The molecule has 6 nitrogen and oxygen atoms in total. The van der Waals surface area contributed by atoms with E-state index in [-0.39, 0.29) is 0 Å². The second-order valence-corrected chi connectivity index (χ2v) is 8.79. The van der Waals surface area contributed by atoms with Crippen molar-refractivity contribution < 1.29 is 17.9 Å². The van der Waals surface area contributed by atoms with E-state index in [1.165, 1.54) is 0 Å². The number of nitrogens with one attached hydrogen (secondary N) is 1. The van der Waals surface area contributed by atoms with Crippen LogP contribution in [0.5, 0.6) is 5.75 Å². The highest BCUT2D eigenvalue weighted by atomic mass is 32.2. The number of carbonyl (C=O) groups is 1. The maximum atomic E-state index is 12.7. The van der Waals surface area contributed by atoms with E-state index in [0.29, 0.717) is 29.6 Å². The predicted molar refractivity (Wildman–Crippen MR) is 114 cm³/mol. The Kier molecular flexibility index (Phi) is 7.07. The van der Waals surface area contributed by atoms with Crippen LogP contribution in [0.4, 0.5) is 11.4 Å². The van der Waals surface area contributed by atoms with Crippen LogP contribution in [0.15, 0.2) is 48.5 Å². The van der Waals surface area contributed by atoms with E-state index in [2.05, 4.69) is 19.2 Å². The minimum Gasteiger partial charge on any atom is -0.494 e. The Hall–Kier alpha value is -2.54. The molecule has 28 heavy (non-hydrogen) atoms. The van der Waals surface area contributed by atoms with Crippen molar-refractivity contribution >= 4 is 27.3 Å². The molecule has 2 rings (SSSR count). The van der Waals surface area contributed by atoms with Gasteiger partial charge in [-0.15, -0.1) is 0 Å². The van der Waals surface area contributed by atoms with Gasteiger partial charge in [0.05, 0.1) is 18.6 Å². The van der Waals surface area contributed by atoms with Gasteiger partial charge in [-0.05, 0) is 61.7 Å². The number of benzene rings is 2. The summed E-state index contributed by atoms with van der Waals surface area (Å²) < 4.78 is 31.3. The third-order valence-electron chi connectivity index (χ3n) is 4.34. The zero-order valence-electron chi connectivity index (χ0n) is 17.0. The van der Waals surface area contributed by atoms with Gasteiger partial charge in [-0.25, -0.2) is 8.42 Å².